The molecule has 1 atom stereocenters. The molecule has 0 spiro atoms. The number of nitrogens with one attached hydrogen (secondary N) is 1. The zero-order valence-electron chi connectivity index (χ0n) is 29.2. The molecule has 4 aromatic rings. The fraction of sp³-hybridized carbons (Fsp3) is 0.410. The van der Waals surface area contributed by atoms with E-state index in [1.807, 2.05) is 12.1 Å². The van der Waals surface area contributed by atoms with Crippen LogP contribution in [0.3, 0.4) is 0 Å². The van der Waals surface area contributed by atoms with Crippen LogP contribution in [0.25, 0.3) is 10.9 Å². The number of esters is 1. The normalized spacial score (nSPS) is 13.9. The molecular weight excluding hydrogens is 690 g/mol. The number of carbonyl (C=O) groups is 3. The van der Waals surface area contributed by atoms with Gasteiger partial charge in [0, 0.05) is 40.5 Å². The number of likely N-dealkylation sites (tertiary alicyclic amines) is 1. The third-order valence-electron chi connectivity index (χ3n) is 8.80. The molecule has 10 nitrogen and oxygen atoms in total. The van der Waals surface area contributed by atoms with Gasteiger partial charge in [-0.15, -0.1) is 11.8 Å². The molecule has 1 aliphatic heterocycles. The molecule has 1 aliphatic rings. The molecular formula is C39H46ClN3O7S. The summed E-state index contributed by atoms with van der Waals surface area (Å²) in [7, 11) is 1.55. The van der Waals surface area contributed by atoms with Gasteiger partial charge in [-0.25, -0.2) is 0 Å². The van der Waals surface area contributed by atoms with Gasteiger partial charge in [-0.1, -0.05) is 30.2 Å². The number of aromatic nitrogens is 1. The van der Waals surface area contributed by atoms with Crippen LogP contribution < -0.4 is 14.8 Å². The summed E-state index contributed by atoms with van der Waals surface area (Å²) >= 11 is 7.28. The van der Waals surface area contributed by atoms with E-state index in [2.05, 4.69) is 22.3 Å². The van der Waals surface area contributed by atoms with Crippen molar-refractivity contribution in [2.24, 2.45) is 0 Å². The largest absolute Gasteiger partial charge is 0.497 e. The summed E-state index contributed by atoms with van der Waals surface area (Å²) in [6.45, 7) is 5.79. The number of benzene rings is 3. The van der Waals surface area contributed by atoms with E-state index in [1.54, 1.807) is 61.1 Å². The first-order chi connectivity index (χ1) is 24.7. The highest BCUT2D eigenvalue weighted by Gasteiger charge is 2.23. The number of methoxy groups -OCH3 is 1. The smallest absolute Gasteiger partial charge is 0.310 e. The molecule has 0 radical (unpaired) electrons. The number of piperidine rings is 1. The van der Waals surface area contributed by atoms with Crippen LogP contribution in [0.5, 0.6) is 11.5 Å². The van der Waals surface area contributed by atoms with E-state index in [0.29, 0.717) is 58.1 Å². The third kappa shape index (κ3) is 11.0. The number of hydrogen-bond donors (Lipinski definition) is 2. The maximum absolute atomic E-state index is 13.5. The first-order valence-electron chi connectivity index (χ1n) is 17.3. The van der Waals surface area contributed by atoms with E-state index >= 15 is 0 Å². The summed E-state index contributed by atoms with van der Waals surface area (Å²) in [4.78, 5) is 41.3. The zero-order chi connectivity index (χ0) is 36.2. The summed E-state index contributed by atoms with van der Waals surface area (Å²) in [5.74, 6) is 0.886. The van der Waals surface area contributed by atoms with Crippen LogP contribution in [-0.4, -0.2) is 89.9 Å². The Morgan fingerprint density at radius 2 is 1.78 bits per heavy atom. The lowest BCUT2D eigenvalue weighted by Gasteiger charge is -2.26. The van der Waals surface area contributed by atoms with E-state index < -0.39 is 12.1 Å². The zero-order valence-corrected chi connectivity index (χ0v) is 30.8. The maximum atomic E-state index is 13.5. The van der Waals surface area contributed by atoms with Crippen LogP contribution in [0, 0.1) is 6.92 Å². The monoisotopic (exact) mass is 735 g/mol. The topological polar surface area (TPSA) is 119 Å². The molecule has 2 N–H and O–H groups in total. The quantitative estimate of drug-likeness (QED) is 0.0987. The van der Waals surface area contributed by atoms with Gasteiger partial charge in [-0.3, -0.25) is 23.9 Å². The van der Waals surface area contributed by atoms with Gasteiger partial charge < -0.3 is 24.6 Å². The van der Waals surface area contributed by atoms with Crippen molar-refractivity contribution in [3.8, 4) is 11.5 Å². The Labute approximate surface area is 308 Å². The van der Waals surface area contributed by atoms with Crippen molar-refractivity contribution < 1.29 is 33.7 Å². The number of fused-ring (bicyclic) bond motifs is 1. The average molecular weight is 736 g/mol. The number of nitrogens with zero attached hydrogens (tertiary/aromatic N) is 2. The van der Waals surface area contributed by atoms with Crippen molar-refractivity contribution in [1.29, 1.82) is 0 Å². The molecule has 1 unspecified atom stereocenters. The minimum absolute atomic E-state index is 0.105. The highest BCUT2D eigenvalue weighted by atomic mass is 35.5. The lowest BCUT2D eigenvalue weighted by atomic mass is 10.1. The minimum Gasteiger partial charge on any atom is -0.497 e. The molecule has 272 valence electrons. The summed E-state index contributed by atoms with van der Waals surface area (Å²) < 4.78 is 18.3. The van der Waals surface area contributed by atoms with Gasteiger partial charge in [-0.05, 0) is 105 Å². The SMILES string of the molecule is COc1ccc2c(c1)c(CC(=O)OCC(O)CSCC(=O)NCCCOc1cccc(CN3CCCCC3)c1)c(C)n2C(=O)c1ccc(Cl)cc1. The van der Waals surface area contributed by atoms with Crippen LogP contribution in [-0.2, 0) is 27.3 Å². The van der Waals surface area contributed by atoms with E-state index in [-0.39, 0.29) is 36.3 Å². The van der Waals surface area contributed by atoms with Crippen molar-refractivity contribution in [2.75, 3.05) is 51.5 Å². The molecule has 0 aliphatic carbocycles. The number of amides is 1. The first-order valence-corrected chi connectivity index (χ1v) is 18.9. The van der Waals surface area contributed by atoms with Crippen molar-refractivity contribution in [1.82, 2.24) is 14.8 Å². The van der Waals surface area contributed by atoms with E-state index in [9.17, 15) is 19.5 Å². The number of hydrogen-bond acceptors (Lipinski definition) is 9. The molecule has 1 saturated heterocycles. The van der Waals surface area contributed by atoms with Crippen LogP contribution in [0.15, 0.2) is 66.7 Å². The predicted molar refractivity (Wildman–Crippen MR) is 201 cm³/mol. The first kappa shape index (κ1) is 38.2. The second kappa shape index (κ2) is 19.0. The number of carbonyl (C=O) groups excluding carboxylic acids is 3. The maximum Gasteiger partial charge on any atom is 0.310 e. The van der Waals surface area contributed by atoms with Crippen LogP contribution in [0.2, 0.25) is 5.02 Å². The second-order valence-corrected chi connectivity index (χ2v) is 14.1. The molecule has 51 heavy (non-hydrogen) atoms. The van der Waals surface area contributed by atoms with E-state index in [1.165, 1.54) is 36.6 Å². The van der Waals surface area contributed by atoms with Crippen LogP contribution >= 0.6 is 23.4 Å². The Morgan fingerprint density at radius 1 is 1.00 bits per heavy atom. The van der Waals surface area contributed by atoms with Crippen molar-refractivity contribution in [2.45, 2.75) is 51.7 Å². The van der Waals surface area contributed by atoms with E-state index in [0.717, 1.165) is 25.4 Å². The van der Waals surface area contributed by atoms with Gasteiger partial charge in [0.05, 0.1) is 37.5 Å². The van der Waals surface area contributed by atoms with Crippen molar-refractivity contribution >= 4 is 52.0 Å². The fourth-order valence-corrected chi connectivity index (χ4v) is 7.07. The van der Waals surface area contributed by atoms with Gasteiger partial charge in [0.15, 0.2) is 0 Å². The fourth-order valence-electron chi connectivity index (χ4n) is 6.17. The highest BCUT2D eigenvalue weighted by Crippen LogP contribution is 2.31. The Kier molecular flexibility index (Phi) is 14.2. The highest BCUT2D eigenvalue weighted by molar-refractivity contribution is 7.99. The molecule has 1 amide bonds. The van der Waals surface area contributed by atoms with Crippen molar-refractivity contribution in [3.63, 3.8) is 0 Å². The predicted octanol–water partition coefficient (Wildman–Crippen LogP) is 6.05. The summed E-state index contributed by atoms with van der Waals surface area (Å²) in [6.07, 6.45) is 3.47. The summed E-state index contributed by atoms with van der Waals surface area (Å²) in [5.41, 5.74) is 3.56. The minimum atomic E-state index is -0.945. The standard InChI is InChI=1S/C39H46ClN3O7S/c1-27-34(35-21-32(48-2)14-15-36(35)43(27)39(47)29-10-12-30(40)13-11-29)22-38(46)50-24-31(44)25-51-26-37(45)41-16-7-19-49-33-9-6-8-28(20-33)23-42-17-4-3-5-18-42/h6,8-15,20-21,31,44H,3-5,7,16-19,22-26H2,1-2H3,(H,41,45). The molecule has 2 heterocycles. The number of halogens is 1. The van der Waals surface area contributed by atoms with E-state index in [4.69, 9.17) is 25.8 Å². The molecule has 3 aromatic carbocycles. The molecule has 1 fully saturated rings. The van der Waals surface area contributed by atoms with Gasteiger partial charge in [0.1, 0.15) is 18.1 Å². The average Bonchev–Trinajstić information content (AvgIpc) is 3.40. The third-order valence-corrected chi connectivity index (χ3v) is 10.1. The number of thioether (sulfide) groups is 1. The molecule has 12 heteroatoms. The van der Waals surface area contributed by atoms with Gasteiger partial charge in [0.2, 0.25) is 5.91 Å². The van der Waals surface area contributed by atoms with Gasteiger partial charge in [0.25, 0.3) is 5.91 Å². The molecule has 5 rings (SSSR count). The van der Waals surface area contributed by atoms with Crippen molar-refractivity contribution in [3.05, 3.63) is 94.1 Å². The summed E-state index contributed by atoms with van der Waals surface area (Å²) in [6, 6.07) is 20.2. The Hall–Kier alpha value is -4.03. The number of aliphatic hydroxyl groups excluding tert-OH is 1. The lowest BCUT2D eigenvalue weighted by molar-refractivity contribution is -0.145. The van der Waals surface area contributed by atoms with Crippen LogP contribution in [0.1, 0.15) is 52.9 Å². The number of aliphatic hydroxyl groups is 1. The van der Waals surface area contributed by atoms with Gasteiger partial charge >= 0.3 is 5.97 Å². The number of ether oxygens (including phenoxy) is 3. The summed E-state index contributed by atoms with van der Waals surface area (Å²) in [5, 5.41) is 14.5. The lowest BCUT2D eigenvalue weighted by Crippen LogP contribution is -2.29. The Bertz CT molecular complexity index is 1790. The molecule has 0 bridgehead atoms. The second-order valence-electron chi connectivity index (χ2n) is 12.7. The molecule has 1 aromatic heterocycles. The van der Waals surface area contributed by atoms with Gasteiger partial charge in [-0.2, -0.15) is 0 Å². The molecule has 0 saturated carbocycles. The Balaban J connectivity index is 1.01. The Morgan fingerprint density at radius 3 is 2.55 bits per heavy atom. The van der Waals surface area contributed by atoms with Crippen LogP contribution in [0.4, 0.5) is 0 Å². The number of rotatable bonds is 17.